The van der Waals surface area contributed by atoms with Crippen LogP contribution in [0.3, 0.4) is 0 Å². The molecule has 0 spiro atoms. The van der Waals surface area contributed by atoms with E-state index < -0.39 is 10.9 Å². The summed E-state index contributed by atoms with van der Waals surface area (Å²) in [6, 6.07) is 9.66. The lowest BCUT2D eigenvalue weighted by Crippen LogP contribution is -2.25. The molecule has 1 aromatic heterocycles. The second-order valence-electron chi connectivity index (χ2n) is 5.11. The number of aromatic nitrogens is 1. The summed E-state index contributed by atoms with van der Waals surface area (Å²) in [5.41, 5.74) is 1.24. The van der Waals surface area contributed by atoms with Crippen molar-refractivity contribution in [2.24, 2.45) is 0 Å². The number of hydrogen-bond donors (Lipinski definition) is 3. The summed E-state index contributed by atoms with van der Waals surface area (Å²) >= 11 is 0. The molecule has 0 radical (unpaired) electrons. The van der Waals surface area contributed by atoms with Crippen LogP contribution in [0, 0.1) is 10.1 Å². The number of nitrogens with zero attached hydrogens (tertiary/aromatic N) is 2. The molecular weight excluding hydrogens is 328 g/mol. The van der Waals surface area contributed by atoms with Gasteiger partial charge in [-0.2, -0.15) is 0 Å². The van der Waals surface area contributed by atoms with Gasteiger partial charge in [0.2, 0.25) is 0 Å². The number of carbonyl (C=O) groups is 2. The highest BCUT2D eigenvalue weighted by atomic mass is 16.6. The van der Waals surface area contributed by atoms with E-state index in [0.29, 0.717) is 17.9 Å². The predicted octanol–water partition coefficient (Wildman–Crippen LogP) is 1.81. The maximum atomic E-state index is 11.8. The molecule has 9 heteroatoms. The molecule has 25 heavy (non-hydrogen) atoms. The lowest BCUT2D eigenvalue weighted by Gasteiger charge is -2.07. The Kier molecular flexibility index (Phi) is 5.99. The number of carbonyl (C=O) groups excluding carboxylic acids is 1. The molecule has 0 aliphatic carbocycles. The van der Waals surface area contributed by atoms with Crippen LogP contribution < -0.4 is 10.6 Å². The molecule has 1 heterocycles. The van der Waals surface area contributed by atoms with Gasteiger partial charge in [-0.25, -0.2) is 4.98 Å². The summed E-state index contributed by atoms with van der Waals surface area (Å²) in [6.07, 6.45) is 1.04. The maximum Gasteiger partial charge on any atom is 0.305 e. The number of aliphatic carboxylic acids is 1. The predicted molar refractivity (Wildman–Crippen MR) is 89.2 cm³/mol. The van der Waals surface area contributed by atoms with Crippen molar-refractivity contribution in [2.45, 2.75) is 13.0 Å². The molecule has 0 saturated carbocycles. The summed E-state index contributed by atoms with van der Waals surface area (Å²) in [5.74, 6) is -0.805. The average Bonchev–Trinajstić information content (AvgIpc) is 2.60. The Morgan fingerprint density at radius 3 is 2.44 bits per heavy atom. The quantitative estimate of drug-likeness (QED) is 0.491. The first-order chi connectivity index (χ1) is 12.0. The summed E-state index contributed by atoms with van der Waals surface area (Å²) in [5, 5.41) is 24.6. The standard InChI is InChI=1S/C16H16N4O5/c21-15(22)7-8-17-16(23)12-3-1-11(2-4-12)9-18-14-6-5-13(10-19-14)20(24)25/h1-6,10H,7-9H2,(H,17,23)(H,18,19)(H,21,22). The first-order valence-corrected chi connectivity index (χ1v) is 7.39. The van der Waals surface area contributed by atoms with Gasteiger partial charge >= 0.3 is 5.97 Å². The number of amides is 1. The number of anilines is 1. The molecule has 9 nitrogen and oxygen atoms in total. The largest absolute Gasteiger partial charge is 0.481 e. The van der Waals surface area contributed by atoms with Crippen molar-refractivity contribution in [1.29, 1.82) is 0 Å². The van der Waals surface area contributed by atoms with Crippen LogP contribution >= 0.6 is 0 Å². The highest BCUT2D eigenvalue weighted by Gasteiger charge is 2.07. The third-order valence-electron chi connectivity index (χ3n) is 3.27. The van der Waals surface area contributed by atoms with Crippen LogP contribution in [0.2, 0.25) is 0 Å². The van der Waals surface area contributed by atoms with Gasteiger partial charge in [0.15, 0.2) is 0 Å². The van der Waals surface area contributed by atoms with Crippen molar-refractivity contribution in [1.82, 2.24) is 10.3 Å². The van der Waals surface area contributed by atoms with Crippen LogP contribution in [0.25, 0.3) is 0 Å². The van der Waals surface area contributed by atoms with Gasteiger partial charge in [0, 0.05) is 24.7 Å². The van der Waals surface area contributed by atoms with Crippen LogP contribution in [0.5, 0.6) is 0 Å². The van der Waals surface area contributed by atoms with Crippen molar-refractivity contribution in [2.75, 3.05) is 11.9 Å². The second-order valence-corrected chi connectivity index (χ2v) is 5.11. The Bertz CT molecular complexity index is 759. The number of carboxylic acid groups (broad SMARTS) is 1. The van der Waals surface area contributed by atoms with E-state index in [1.54, 1.807) is 24.3 Å². The minimum Gasteiger partial charge on any atom is -0.481 e. The molecule has 1 amide bonds. The number of pyridine rings is 1. The number of hydrogen-bond acceptors (Lipinski definition) is 6. The van der Waals surface area contributed by atoms with Crippen molar-refractivity contribution in [3.05, 3.63) is 63.8 Å². The van der Waals surface area contributed by atoms with E-state index in [1.807, 2.05) is 0 Å². The van der Waals surface area contributed by atoms with Gasteiger partial charge in [-0.3, -0.25) is 19.7 Å². The number of carboxylic acids is 1. The van der Waals surface area contributed by atoms with E-state index in [0.717, 1.165) is 5.56 Å². The van der Waals surface area contributed by atoms with Gasteiger partial charge in [-0.15, -0.1) is 0 Å². The van der Waals surface area contributed by atoms with Crippen LogP contribution in [0.4, 0.5) is 11.5 Å². The molecule has 2 rings (SSSR count). The molecule has 0 atom stereocenters. The molecule has 1 aromatic carbocycles. The molecule has 3 N–H and O–H groups in total. The minimum atomic E-state index is -0.971. The fourth-order valence-electron chi connectivity index (χ4n) is 1.95. The molecule has 2 aromatic rings. The molecule has 0 aliphatic heterocycles. The van der Waals surface area contributed by atoms with Crippen molar-refractivity contribution in [3.8, 4) is 0 Å². The van der Waals surface area contributed by atoms with Crippen molar-refractivity contribution in [3.63, 3.8) is 0 Å². The van der Waals surface area contributed by atoms with E-state index in [9.17, 15) is 19.7 Å². The highest BCUT2D eigenvalue weighted by molar-refractivity contribution is 5.94. The fourth-order valence-corrected chi connectivity index (χ4v) is 1.95. The number of rotatable bonds is 8. The average molecular weight is 344 g/mol. The molecule has 0 saturated heterocycles. The Hall–Kier alpha value is -3.49. The molecule has 130 valence electrons. The van der Waals surface area contributed by atoms with Gasteiger partial charge in [-0.1, -0.05) is 12.1 Å². The number of nitrogens with one attached hydrogen (secondary N) is 2. The zero-order chi connectivity index (χ0) is 18.2. The zero-order valence-electron chi connectivity index (χ0n) is 13.1. The summed E-state index contributed by atoms with van der Waals surface area (Å²) < 4.78 is 0. The van der Waals surface area contributed by atoms with Gasteiger partial charge in [0.05, 0.1) is 11.3 Å². The van der Waals surface area contributed by atoms with E-state index in [1.165, 1.54) is 18.3 Å². The molecule has 0 bridgehead atoms. The third kappa shape index (κ3) is 5.57. The molecule has 0 fully saturated rings. The van der Waals surface area contributed by atoms with E-state index in [4.69, 9.17) is 5.11 Å². The van der Waals surface area contributed by atoms with Crippen LogP contribution in [-0.2, 0) is 11.3 Å². The lowest BCUT2D eigenvalue weighted by molar-refractivity contribution is -0.385. The Labute approximate surface area is 142 Å². The van der Waals surface area contributed by atoms with Gasteiger partial charge in [0.25, 0.3) is 11.6 Å². The summed E-state index contributed by atoms with van der Waals surface area (Å²) in [7, 11) is 0. The first-order valence-electron chi connectivity index (χ1n) is 7.39. The van der Waals surface area contributed by atoms with Crippen molar-refractivity contribution >= 4 is 23.4 Å². The topological polar surface area (TPSA) is 134 Å². The summed E-state index contributed by atoms with van der Waals surface area (Å²) in [4.78, 5) is 36.2. The van der Waals surface area contributed by atoms with Crippen LogP contribution in [0.1, 0.15) is 22.3 Å². The zero-order valence-corrected chi connectivity index (χ0v) is 13.1. The first kappa shape index (κ1) is 17.9. The third-order valence-corrected chi connectivity index (χ3v) is 3.27. The van der Waals surface area contributed by atoms with E-state index >= 15 is 0 Å². The second kappa shape index (κ2) is 8.39. The normalized spacial score (nSPS) is 10.1. The fraction of sp³-hybridized carbons (Fsp3) is 0.188. The van der Waals surface area contributed by atoms with E-state index in [-0.39, 0.29) is 24.6 Å². The van der Waals surface area contributed by atoms with Crippen LogP contribution in [0.15, 0.2) is 42.6 Å². The Balaban J connectivity index is 1.86. The molecule has 0 unspecified atom stereocenters. The maximum absolute atomic E-state index is 11.8. The lowest BCUT2D eigenvalue weighted by atomic mass is 10.1. The van der Waals surface area contributed by atoms with Crippen LogP contribution in [-0.4, -0.2) is 33.4 Å². The smallest absolute Gasteiger partial charge is 0.305 e. The molecule has 0 aliphatic rings. The van der Waals surface area contributed by atoms with Crippen molar-refractivity contribution < 1.29 is 19.6 Å². The Morgan fingerprint density at radius 2 is 1.88 bits per heavy atom. The highest BCUT2D eigenvalue weighted by Crippen LogP contribution is 2.13. The SMILES string of the molecule is O=C(O)CCNC(=O)c1ccc(CNc2ccc([N+](=O)[O-])cn2)cc1. The minimum absolute atomic E-state index is 0.0727. The van der Waals surface area contributed by atoms with Gasteiger partial charge < -0.3 is 15.7 Å². The monoisotopic (exact) mass is 344 g/mol. The van der Waals surface area contributed by atoms with Gasteiger partial charge in [0.1, 0.15) is 12.0 Å². The van der Waals surface area contributed by atoms with Gasteiger partial charge in [-0.05, 0) is 23.8 Å². The number of nitro groups is 1. The number of benzene rings is 1. The summed E-state index contributed by atoms with van der Waals surface area (Å²) in [6.45, 7) is 0.509. The Morgan fingerprint density at radius 1 is 1.16 bits per heavy atom. The van der Waals surface area contributed by atoms with E-state index in [2.05, 4.69) is 15.6 Å². The molecular formula is C16H16N4O5.